The number of hydrogen-bond acceptors (Lipinski definition) is 1. The summed E-state index contributed by atoms with van der Waals surface area (Å²) in [5.41, 5.74) is 11.3. The van der Waals surface area contributed by atoms with Gasteiger partial charge in [-0.2, -0.15) is 0 Å². The van der Waals surface area contributed by atoms with Gasteiger partial charge in [-0.25, -0.2) is 0 Å². The fraction of sp³-hybridized carbons (Fsp3) is 0.333. The Bertz CT molecular complexity index is 508. The molecule has 1 unspecified atom stereocenters. The maximum Gasteiger partial charge on any atom is 0.0551 e. The third-order valence-corrected chi connectivity index (χ3v) is 3.42. The second kappa shape index (κ2) is 6.03. The van der Waals surface area contributed by atoms with Gasteiger partial charge in [0, 0.05) is 0 Å². The summed E-state index contributed by atoms with van der Waals surface area (Å²) >= 11 is 0. The summed E-state index contributed by atoms with van der Waals surface area (Å²) in [5.74, 6) is 0.691. The van der Waals surface area contributed by atoms with E-state index >= 15 is 0 Å². The first-order valence-electron chi connectivity index (χ1n) is 6.97. The Balaban J connectivity index is 2.15. The molecule has 0 amide bonds. The zero-order valence-corrected chi connectivity index (χ0v) is 12.1. The molecule has 0 aromatic heterocycles. The van der Waals surface area contributed by atoms with Crippen molar-refractivity contribution in [3.63, 3.8) is 0 Å². The first kappa shape index (κ1) is 13.8. The fourth-order valence-corrected chi connectivity index (χ4v) is 2.30. The number of aryl methyl sites for hydroxylation is 1. The third kappa shape index (κ3) is 3.68. The standard InChI is InChI=1S/C18H23N/c1-13(2)12-15-6-10-17(11-7-15)18(19)16-8-4-14(3)5-9-16/h4-11,13,18H,12,19H2,1-3H3. The van der Waals surface area contributed by atoms with Crippen LogP contribution in [0.15, 0.2) is 48.5 Å². The fourth-order valence-electron chi connectivity index (χ4n) is 2.30. The van der Waals surface area contributed by atoms with Crippen molar-refractivity contribution in [3.8, 4) is 0 Å². The van der Waals surface area contributed by atoms with Crippen LogP contribution in [0.4, 0.5) is 0 Å². The van der Waals surface area contributed by atoms with Gasteiger partial charge in [0.1, 0.15) is 0 Å². The second-order valence-electron chi connectivity index (χ2n) is 5.73. The van der Waals surface area contributed by atoms with Crippen LogP contribution in [-0.2, 0) is 6.42 Å². The SMILES string of the molecule is Cc1ccc(C(N)c2ccc(CC(C)C)cc2)cc1. The minimum atomic E-state index is -0.0336. The van der Waals surface area contributed by atoms with Gasteiger partial charge in [-0.15, -0.1) is 0 Å². The Labute approximate surface area is 116 Å². The highest BCUT2D eigenvalue weighted by atomic mass is 14.6. The molecule has 2 N–H and O–H groups in total. The van der Waals surface area contributed by atoms with Crippen molar-refractivity contribution in [1.82, 2.24) is 0 Å². The molecule has 0 heterocycles. The van der Waals surface area contributed by atoms with Crippen molar-refractivity contribution in [3.05, 3.63) is 70.8 Å². The van der Waals surface area contributed by atoms with E-state index in [1.54, 1.807) is 0 Å². The number of nitrogens with two attached hydrogens (primary N) is 1. The van der Waals surface area contributed by atoms with Crippen molar-refractivity contribution in [2.45, 2.75) is 33.2 Å². The first-order chi connectivity index (χ1) is 9.06. The van der Waals surface area contributed by atoms with Crippen LogP contribution >= 0.6 is 0 Å². The van der Waals surface area contributed by atoms with Crippen LogP contribution in [0.1, 0.15) is 42.1 Å². The largest absolute Gasteiger partial charge is 0.320 e. The van der Waals surface area contributed by atoms with Crippen LogP contribution in [0.25, 0.3) is 0 Å². The minimum Gasteiger partial charge on any atom is -0.320 e. The number of benzene rings is 2. The Kier molecular flexibility index (Phi) is 4.39. The van der Waals surface area contributed by atoms with E-state index < -0.39 is 0 Å². The molecule has 1 heteroatoms. The van der Waals surface area contributed by atoms with Crippen LogP contribution in [0.5, 0.6) is 0 Å². The number of rotatable bonds is 4. The molecule has 0 aliphatic heterocycles. The van der Waals surface area contributed by atoms with Crippen LogP contribution in [0.3, 0.4) is 0 Å². The van der Waals surface area contributed by atoms with Crippen LogP contribution < -0.4 is 5.73 Å². The van der Waals surface area contributed by atoms with Crippen LogP contribution in [0, 0.1) is 12.8 Å². The van der Waals surface area contributed by atoms with Crippen molar-refractivity contribution >= 4 is 0 Å². The van der Waals surface area contributed by atoms with Crippen molar-refractivity contribution in [2.75, 3.05) is 0 Å². The van der Waals surface area contributed by atoms with Gasteiger partial charge in [-0.3, -0.25) is 0 Å². The normalized spacial score (nSPS) is 12.7. The average Bonchev–Trinajstić information content (AvgIpc) is 2.39. The van der Waals surface area contributed by atoms with Gasteiger partial charge < -0.3 is 5.73 Å². The topological polar surface area (TPSA) is 26.0 Å². The van der Waals surface area contributed by atoms with Crippen molar-refractivity contribution in [2.24, 2.45) is 11.7 Å². The zero-order valence-electron chi connectivity index (χ0n) is 12.1. The summed E-state index contributed by atoms with van der Waals surface area (Å²) in [6.07, 6.45) is 1.13. The predicted octanol–water partition coefficient (Wildman–Crippen LogP) is 4.24. The van der Waals surface area contributed by atoms with E-state index in [9.17, 15) is 0 Å². The molecule has 2 aromatic rings. The van der Waals surface area contributed by atoms with E-state index in [2.05, 4.69) is 69.3 Å². The third-order valence-electron chi connectivity index (χ3n) is 3.42. The Morgan fingerprint density at radius 1 is 0.842 bits per heavy atom. The molecular weight excluding hydrogens is 230 g/mol. The molecule has 0 bridgehead atoms. The molecule has 0 fully saturated rings. The van der Waals surface area contributed by atoms with Gasteiger partial charge in [0.15, 0.2) is 0 Å². The maximum absolute atomic E-state index is 6.32. The van der Waals surface area contributed by atoms with Gasteiger partial charge in [-0.1, -0.05) is 67.9 Å². The molecule has 0 saturated heterocycles. The number of hydrogen-bond donors (Lipinski definition) is 1. The zero-order chi connectivity index (χ0) is 13.8. The molecular formula is C18H23N. The second-order valence-corrected chi connectivity index (χ2v) is 5.73. The van der Waals surface area contributed by atoms with Gasteiger partial charge >= 0.3 is 0 Å². The minimum absolute atomic E-state index is 0.0336. The van der Waals surface area contributed by atoms with Crippen molar-refractivity contribution in [1.29, 1.82) is 0 Å². The van der Waals surface area contributed by atoms with E-state index in [4.69, 9.17) is 5.73 Å². The van der Waals surface area contributed by atoms with Crippen molar-refractivity contribution < 1.29 is 0 Å². The summed E-state index contributed by atoms with van der Waals surface area (Å²) in [5, 5.41) is 0. The van der Waals surface area contributed by atoms with Gasteiger partial charge in [0.2, 0.25) is 0 Å². The van der Waals surface area contributed by atoms with E-state index in [0.29, 0.717) is 5.92 Å². The molecule has 0 aliphatic rings. The first-order valence-corrected chi connectivity index (χ1v) is 6.97. The lowest BCUT2D eigenvalue weighted by Crippen LogP contribution is -2.11. The van der Waals surface area contributed by atoms with Crippen LogP contribution in [0.2, 0.25) is 0 Å². The van der Waals surface area contributed by atoms with Gasteiger partial charge in [0.05, 0.1) is 6.04 Å². The molecule has 2 aromatic carbocycles. The Hall–Kier alpha value is -1.60. The smallest absolute Gasteiger partial charge is 0.0551 e. The molecule has 19 heavy (non-hydrogen) atoms. The maximum atomic E-state index is 6.32. The summed E-state index contributed by atoms with van der Waals surface area (Å²) in [7, 11) is 0. The Morgan fingerprint density at radius 3 is 1.79 bits per heavy atom. The lowest BCUT2D eigenvalue weighted by molar-refractivity contribution is 0.647. The molecule has 1 nitrogen and oxygen atoms in total. The van der Waals surface area contributed by atoms with Gasteiger partial charge in [0.25, 0.3) is 0 Å². The average molecular weight is 253 g/mol. The lowest BCUT2D eigenvalue weighted by atomic mass is 9.96. The molecule has 1 atom stereocenters. The summed E-state index contributed by atoms with van der Waals surface area (Å²) in [6.45, 7) is 6.58. The van der Waals surface area contributed by atoms with E-state index in [1.807, 2.05) is 0 Å². The molecule has 100 valence electrons. The predicted molar refractivity (Wildman–Crippen MR) is 82.2 cm³/mol. The summed E-state index contributed by atoms with van der Waals surface area (Å²) in [6, 6.07) is 17.1. The summed E-state index contributed by atoms with van der Waals surface area (Å²) in [4.78, 5) is 0. The van der Waals surface area contributed by atoms with E-state index in [-0.39, 0.29) is 6.04 Å². The summed E-state index contributed by atoms with van der Waals surface area (Å²) < 4.78 is 0. The highest BCUT2D eigenvalue weighted by molar-refractivity contribution is 5.34. The molecule has 0 aliphatic carbocycles. The van der Waals surface area contributed by atoms with Crippen LogP contribution in [-0.4, -0.2) is 0 Å². The quantitative estimate of drug-likeness (QED) is 0.866. The lowest BCUT2D eigenvalue weighted by Gasteiger charge is -2.14. The Morgan fingerprint density at radius 2 is 1.32 bits per heavy atom. The molecule has 0 spiro atoms. The molecule has 0 radical (unpaired) electrons. The monoisotopic (exact) mass is 253 g/mol. The molecule has 2 rings (SSSR count). The van der Waals surface area contributed by atoms with E-state index in [1.165, 1.54) is 22.3 Å². The van der Waals surface area contributed by atoms with E-state index in [0.717, 1.165) is 6.42 Å². The highest BCUT2D eigenvalue weighted by Crippen LogP contribution is 2.21. The van der Waals surface area contributed by atoms with Gasteiger partial charge in [-0.05, 0) is 36.0 Å². The highest BCUT2D eigenvalue weighted by Gasteiger charge is 2.08. The molecule has 0 saturated carbocycles.